The average molecular weight is 219 g/mol. The summed E-state index contributed by atoms with van der Waals surface area (Å²) in [7, 11) is 0. The molecule has 2 N–H and O–H groups in total. The summed E-state index contributed by atoms with van der Waals surface area (Å²) in [6.07, 6.45) is -1.18. The number of rotatable bonds is 3. The maximum Gasteiger partial charge on any atom is 0.395 e. The number of carbonyl (C=O) groups is 3. The van der Waals surface area contributed by atoms with Crippen LogP contribution in [-0.2, 0) is 28.9 Å². The molecule has 0 heterocycles. The van der Waals surface area contributed by atoms with E-state index in [0.29, 0.717) is 0 Å². The normalized spacial score (nSPS) is 13.6. The van der Waals surface area contributed by atoms with Gasteiger partial charge in [0, 0.05) is 6.92 Å². The van der Waals surface area contributed by atoms with E-state index in [0.717, 1.165) is 6.92 Å². The molecule has 0 amide bonds. The summed E-state index contributed by atoms with van der Waals surface area (Å²) in [6, 6.07) is -0.839. The van der Waals surface area contributed by atoms with Crippen molar-refractivity contribution < 1.29 is 28.9 Å². The SMILES string of the molecule is CC(=O)OOC(=O)C(C)OC(=O)C(C)N. The molecular weight excluding hydrogens is 206 g/mol. The number of ether oxygens (including phenoxy) is 1. The van der Waals surface area contributed by atoms with Crippen LogP contribution < -0.4 is 5.73 Å². The molecule has 0 fully saturated rings. The predicted molar refractivity (Wildman–Crippen MR) is 47.1 cm³/mol. The Morgan fingerprint density at radius 3 is 2.00 bits per heavy atom. The molecule has 0 aliphatic heterocycles. The Bertz CT molecular complexity index is 262. The minimum Gasteiger partial charge on any atom is -0.449 e. The summed E-state index contributed by atoms with van der Waals surface area (Å²) in [5.41, 5.74) is 5.19. The summed E-state index contributed by atoms with van der Waals surface area (Å²) in [5.74, 6) is -2.52. The third kappa shape index (κ3) is 5.63. The van der Waals surface area contributed by atoms with Gasteiger partial charge >= 0.3 is 17.9 Å². The van der Waals surface area contributed by atoms with Gasteiger partial charge in [-0.05, 0) is 13.8 Å². The van der Waals surface area contributed by atoms with Crippen LogP contribution in [0.25, 0.3) is 0 Å². The van der Waals surface area contributed by atoms with Crippen molar-refractivity contribution in [1.29, 1.82) is 0 Å². The van der Waals surface area contributed by atoms with Crippen LogP contribution >= 0.6 is 0 Å². The minimum absolute atomic E-state index is 0.748. The second kappa shape index (κ2) is 5.97. The van der Waals surface area contributed by atoms with E-state index in [1.807, 2.05) is 0 Å². The van der Waals surface area contributed by atoms with Gasteiger partial charge in [-0.25, -0.2) is 19.4 Å². The predicted octanol–water partition coefficient (Wildman–Crippen LogP) is -0.713. The second-order valence-corrected chi connectivity index (χ2v) is 2.85. The number of esters is 1. The molecule has 0 saturated heterocycles. The molecule has 0 rings (SSSR count). The molecule has 0 saturated carbocycles. The first-order valence-electron chi connectivity index (χ1n) is 4.19. The topological polar surface area (TPSA) is 105 Å². The Morgan fingerprint density at radius 2 is 1.60 bits per heavy atom. The van der Waals surface area contributed by atoms with E-state index >= 15 is 0 Å². The van der Waals surface area contributed by atoms with Gasteiger partial charge in [-0.15, -0.1) is 0 Å². The maximum atomic E-state index is 11.0. The van der Waals surface area contributed by atoms with E-state index in [-0.39, 0.29) is 0 Å². The number of hydrogen-bond donors (Lipinski definition) is 1. The summed E-state index contributed by atoms with van der Waals surface area (Å²) in [4.78, 5) is 40.2. The molecule has 0 aromatic heterocycles. The van der Waals surface area contributed by atoms with Gasteiger partial charge in [0.1, 0.15) is 6.04 Å². The first kappa shape index (κ1) is 13.4. The Labute approximate surface area is 86.4 Å². The Hall–Kier alpha value is -1.63. The Kier molecular flexibility index (Phi) is 5.32. The van der Waals surface area contributed by atoms with Crippen LogP contribution in [0.5, 0.6) is 0 Å². The van der Waals surface area contributed by atoms with Gasteiger partial charge in [0.25, 0.3) is 0 Å². The molecule has 7 heteroatoms. The molecule has 0 spiro atoms. The van der Waals surface area contributed by atoms with E-state index in [2.05, 4.69) is 14.5 Å². The van der Waals surface area contributed by atoms with Crippen molar-refractivity contribution in [2.45, 2.75) is 32.9 Å². The largest absolute Gasteiger partial charge is 0.449 e. The van der Waals surface area contributed by atoms with Crippen molar-refractivity contribution in [3.8, 4) is 0 Å². The molecule has 0 aromatic carbocycles. The minimum atomic E-state index is -1.18. The lowest BCUT2D eigenvalue weighted by Crippen LogP contribution is -2.35. The van der Waals surface area contributed by atoms with Crippen molar-refractivity contribution in [3.63, 3.8) is 0 Å². The van der Waals surface area contributed by atoms with Crippen LogP contribution in [0, 0.1) is 0 Å². The quantitative estimate of drug-likeness (QED) is 0.379. The van der Waals surface area contributed by atoms with Crippen LogP contribution in [0.15, 0.2) is 0 Å². The van der Waals surface area contributed by atoms with Gasteiger partial charge in [-0.2, -0.15) is 0 Å². The molecule has 7 nitrogen and oxygen atoms in total. The van der Waals surface area contributed by atoms with E-state index in [4.69, 9.17) is 5.73 Å². The van der Waals surface area contributed by atoms with Gasteiger partial charge in [-0.1, -0.05) is 0 Å². The summed E-state index contributed by atoms with van der Waals surface area (Å²) < 4.78 is 4.58. The van der Waals surface area contributed by atoms with Crippen LogP contribution in [-0.4, -0.2) is 30.1 Å². The van der Waals surface area contributed by atoms with Crippen molar-refractivity contribution in [1.82, 2.24) is 0 Å². The van der Waals surface area contributed by atoms with Gasteiger partial charge in [-0.3, -0.25) is 4.79 Å². The highest BCUT2D eigenvalue weighted by Crippen LogP contribution is 1.98. The number of carbonyl (C=O) groups excluding carboxylic acids is 3. The van der Waals surface area contributed by atoms with E-state index < -0.39 is 30.1 Å². The molecule has 15 heavy (non-hydrogen) atoms. The Balaban J connectivity index is 3.99. The van der Waals surface area contributed by atoms with Crippen LogP contribution in [0.3, 0.4) is 0 Å². The van der Waals surface area contributed by atoms with Gasteiger partial charge < -0.3 is 10.5 Å². The van der Waals surface area contributed by atoms with Crippen molar-refractivity contribution in [2.75, 3.05) is 0 Å². The average Bonchev–Trinajstić information content (AvgIpc) is 2.13. The fourth-order valence-corrected chi connectivity index (χ4v) is 0.497. The lowest BCUT2D eigenvalue weighted by molar-refractivity contribution is -0.263. The molecule has 0 radical (unpaired) electrons. The van der Waals surface area contributed by atoms with Crippen molar-refractivity contribution >= 4 is 17.9 Å². The van der Waals surface area contributed by atoms with Crippen molar-refractivity contribution in [3.05, 3.63) is 0 Å². The van der Waals surface area contributed by atoms with Crippen molar-refractivity contribution in [2.24, 2.45) is 5.73 Å². The van der Waals surface area contributed by atoms with Gasteiger partial charge in [0.2, 0.25) is 6.10 Å². The molecule has 0 aliphatic rings. The Morgan fingerprint density at radius 1 is 1.07 bits per heavy atom. The van der Waals surface area contributed by atoms with E-state index in [1.165, 1.54) is 13.8 Å². The third-order valence-electron chi connectivity index (χ3n) is 1.24. The third-order valence-corrected chi connectivity index (χ3v) is 1.24. The highest BCUT2D eigenvalue weighted by Gasteiger charge is 2.22. The first-order chi connectivity index (χ1) is 6.84. The van der Waals surface area contributed by atoms with Crippen LogP contribution in [0.4, 0.5) is 0 Å². The van der Waals surface area contributed by atoms with Gasteiger partial charge in [0.15, 0.2) is 0 Å². The van der Waals surface area contributed by atoms with Gasteiger partial charge in [0.05, 0.1) is 0 Å². The maximum absolute atomic E-state index is 11.0. The second-order valence-electron chi connectivity index (χ2n) is 2.85. The zero-order valence-corrected chi connectivity index (χ0v) is 8.68. The molecule has 2 unspecified atom stereocenters. The molecule has 86 valence electrons. The fourth-order valence-electron chi connectivity index (χ4n) is 0.497. The summed E-state index contributed by atoms with van der Waals surface area (Å²) >= 11 is 0. The lowest BCUT2D eigenvalue weighted by Gasteiger charge is -2.12. The summed E-state index contributed by atoms with van der Waals surface area (Å²) in [5, 5.41) is 0. The monoisotopic (exact) mass is 219 g/mol. The van der Waals surface area contributed by atoms with Crippen LogP contribution in [0.2, 0.25) is 0 Å². The van der Waals surface area contributed by atoms with E-state index in [1.54, 1.807) is 0 Å². The molecule has 0 bridgehead atoms. The molecular formula is C8H13NO6. The highest BCUT2D eigenvalue weighted by molar-refractivity contribution is 5.81. The van der Waals surface area contributed by atoms with E-state index in [9.17, 15) is 14.4 Å². The zero-order valence-electron chi connectivity index (χ0n) is 8.68. The zero-order chi connectivity index (χ0) is 12.0. The molecule has 2 atom stereocenters. The number of hydrogen-bond acceptors (Lipinski definition) is 7. The smallest absolute Gasteiger partial charge is 0.395 e. The first-order valence-corrected chi connectivity index (χ1v) is 4.19. The highest BCUT2D eigenvalue weighted by atomic mass is 17.2. The molecule has 0 aliphatic carbocycles. The lowest BCUT2D eigenvalue weighted by atomic mass is 10.3. The van der Waals surface area contributed by atoms with Crippen LogP contribution in [0.1, 0.15) is 20.8 Å². The molecule has 0 aromatic rings. The number of nitrogens with two attached hydrogens (primary N) is 1. The fraction of sp³-hybridized carbons (Fsp3) is 0.625. The standard InChI is InChI=1S/C8H13NO6/c1-4(9)7(11)13-5(2)8(12)15-14-6(3)10/h4-5H,9H2,1-3H3. The summed E-state index contributed by atoms with van der Waals surface area (Å²) in [6.45, 7) is 3.74.